The molecule has 0 aromatic carbocycles. The van der Waals surface area contributed by atoms with Crippen molar-refractivity contribution in [2.45, 2.75) is 26.9 Å². The normalized spacial score (nSPS) is 10.5. The second kappa shape index (κ2) is 3.13. The Morgan fingerprint density at radius 2 is 1.91 bits per heavy atom. The van der Waals surface area contributed by atoms with Crippen LogP contribution in [0.5, 0.6) is 0 Å². The molecule has 0 atom stereocenters. The minimum Gasteiger partial charge on any atom is -0.271 e. The monoisotopic (exact) mass is 174 g/mol. The molecule has 0 saturated carbocycles. The van der Waals surface area contributed by atoms with Gasteiger partial charge in [-0.15, -0.1) is 0 Å². The van der Waals surface area contributed by atoms with Crippen LogP contribution in [-0.4, -0.2) is 9.36 Å². The summed E-state index contributed by atoms with van der Waals surface area (Å²) < 4.78 is 3.37. The third kappa shape index (κ3) is 1.33. The minimum atomic E-state index is -0.0284. The molecule has 1 aromatic rings. The van der Waals surface area contributed by atoms with Crippen molar-refractivity contribution < 1.29 is 0 Å². The van der Waals surface area contributed by atoms with Crippen molar-refractivity contribution >= 4 is 11.6 Å². The van der Waals surface area contributed by atoms with Crippen molar-refractivity contribution in [2.75, 3.05) is 0 Å². The summed E-state index contributed by atoms with van der Waals surface area (Å²) in [6.45, 7) is 5.27. The Bertz CT molecular complexity index is 300. The summed E-state index contributed by atoms with van der Waals surface area (Å²) in [5.74, 6) is 0. The average Bonchev–Trinajstić information content (AvgIpc) is 2.24. The van der Waals surface area contributed by atoms with Gasteiger partial charge in [0.1, 0.15) is 5.15 Å². The Kier molecular flexibility index (Phi) is 2.39. The largest absolute Gasteiger partial charge is 0.271 e. The van der Waals surface area contributed by atoms with Gasteiger partial charge in [-0.25, -0.2) is 4.68 Å². The molecule has 0 aliphatic rings. The van der Waals surface area contributed by atoms with Gasteiger partial charge in [0.05, 0.1) is 0 Å². The van der Waals surface area contributed by atoms with Crippen LogP contribution in [0.4, 0.5) is 0 Å². The van der Waals surface area contributed by atoms with Crippen molar-refractivity contribution in [3.63, 3.8) is 0 Å². The summed E-state index contributed by atoms with van der Waals surface area (Å²) in [5, 5.41) is 0.513. The van der Waals surface area contributed by atoms with Crippen LogP contribution in [0.15, 0.2) is 10.9 Å². The van der Waals surface area contributed by atoms with Gasteiger partial charge in [0.15, 0.2) is 0 Å². The van der Waals surface area contributed by atoms with E-state index in [0.29, 0.717) is 11.7 Å². The van der Waals surface area contributed by atoms with E-state index in [9.17, 15) is 4.79 Å². The average molecular weight is 175 g/mol. The van der Waals surface area contributed by atoms with Gasteiger partial charge in [0.25, 0.3) is 5.56 Å². The van der Waals surface area contributed by atoms with Gasteiger partial charge in [-0.1, -0.05) is 11.6 Å². The molecule has 1 aromatic heterocycles. The van der Waals surface area contributed by atoms with E-state index in [0.717, 1.165) is 6.54 Å². The van der Waals surface area contributed by atoms with Crippen LogP contribution < -0.4 is 5.56 Å². The van der Waals surface area contributed by atoms with Gasteiger partial charge >= 0.3 is 0 Å². The molecule has 11 heavy (non-hydrogen) atoms. The lowest BCUT2D eigenvalue weighted by atomic mass is 10.7. The molecule has 3 nitrogen and oxygen atoms in total. The van der Waals surface area contributed by atoms with E-state index in [2.05, 4.69) is 0 Å². The van der Waals surface area contributed by atoms with Crippen LogP contribution in [0.2, 0.25) is 5.15 Å². The van der Waals surface area contributed by atoms with Crippen LogP contribution in [0.3, 0.4) is 0 Å². The van der Waals surface area contributed by atoms with Gasteiger partial charge in [-0.05, 0) is 13.8 Å². The zero-order valence-electron chi connectivity index (χ0n) is 6.67. The zero-order chi connectivity index (χ0) is 8.43. The highest BCUT2D eigenvalue weighted by atomic mass is 35.5. The lowest BCUT2D eigenvalue weighted by molar-refractivity contribution is 0.477. The molecular formula is C7H11ClN2O. The fourth-order valence-corrected chi connectivity index (χ4v) is 1.44. The van der Waals surface area contributed by atoms with E-state index >= 15 is 0 Å². The van der Waals surface area contributed by atoms with E-state index < -0.39 is 0 Å². The molecule has 0 saturated heterocycles. The van der Waals surface area contributed by atoms with E-state index in [4.69, 9.17) is 11.6 Å². The minimum absolute atomic E-state index is 0.0284. The maximum atomic E-state index is 11.1. The topological polar surface area (TPSA) is 26.9 Å². The molecule has 0 N–H and O–H groups in total. The number of hydrogen-bond acceptors (Lipinski definition) is 1. The molecule has 0 radical (unpaired) electrons. The van der Waals surface area contributed by atoms with Gasteiger partial charge in [-0.2, -0.15) is 0 Å². The number of hydrogen-bond donors (Lipinski definition) is 0. The Labute approximate surface area is 70.2 Å². The van der Waals surface area contributed by atoms with Gasteiger partial charge < -0.3 is 0 Å². The van der Waals surface area contributed by atoms with Crippen molar-refractivity contribution in [3.05, 3.63) is 21.6 Å². The predicted molar refractivity (Wildman–Crippen MR) is 45.1 cm³/mol. The lowest BCUT2D eigenvalue weighted by Gasteiger charge is -2.06. The summed E-state index contributed by atoms with van der Waals surface area (Å²) in [6, 6.07) is 1.44. The first kappa shape index (κ1) is 8.40. The third-order valence-corrected chi connectivity index (χ3v) is 1.94. The van der Waals surface area contributed by atoms with Crippen molar-refractivity contribution in [1.29, 1.82) is 0 Å². The first-order chi connectivity index (χ1) is 5.20. The molecule has 62 valence electrons. The van der Waals surface area contributed by atoms with Crippen LogP contribution >= 0.6 is 11.6 Å². The Morgan fingerprint density at radius 3 is 2.27 bits per heavy atom. The second-order valence-corrected chi connectivity index (χ2v) is 2.62. The van der Waals surface area contributed by atoms with Crippen LogP contribution in [-0.2, 0) is 13.1 Å². The molecule has 0 amide bonds. The van der Waals surface area contributed by atoms with Crippen molar-refractivity contribution in [3.8, 4) is 0 Å². The number of aromatic nitrogens is 2. The molecule has 4 heteroatoms. The maximum Gasteiger partial charge on any atom is 0.268 e. The van der Waals surface area contributed by atoms with Gasteiger partial charge in [0.2, 0.25) is 0 Å². The van der Waals surface area contributed by atoms with E-state index in [1.165, 1.54) is 6.07 Å². The SMILES string of the molecule is CCn1c(Cl)cc(=O)n1CC. The molecular weight excluding hydrogens is 164 g/mol. The maximum absolute atomic E-state index is 11.1. The molecule has 0 bridgehead atoms. The quantitative estimate of drug-likeness (QED) is 0.665. The first-order valence-corrected chi connectivity index (χ1v) is 4.04. The standard InChI is InChI=1S/C7H11ClN2O/c1-3-9-6(8)5-7(11)10(9)4-2/h5H,3-4H2,1-2H3. The number of rotatable bonds is 2. The molecule has 1 heterocycles. The van der Waals surface area contributed by atoms with E-state index in [1.54, 1.807) is 9.36 Å². The summed E-state index contributed by atoms with van der Waals surface area (Å²) in [4.78, 5) is 11.1. The molecule has 0 spiro atoms. The summed E-state index contributed by atoms with van der Waals surface area (Å²) in [6.07, 6.45) is 0. The highest BCUT2D eigenvalue weighted by molar-refractivity contribution is 6.29. The lowest BCUT2D eigenvalue weighted by Crippen LogP contribution is -2.21. The van der Waals surface area contributed by atoms with Crippen molar-refractivity contribution in [2.24, 2.45) is 0 Å². The van der Waals surface area contributed by atoms with E-state index in [-0.39, 0.29) is 5.56 Å². The molecule has 0 aliphatic carbocycles. The van der Waals surface area contributed by atoms with Crippen LogP contribution in [0.25, 0.3) is 0 Å². The zero-order valence-corrected chi connectivity index (χ0v) is 7.43. The highest BCUT2D eigenvalue weighted by Gasteiger charge is 2.04. The van der Waals surface area contributed by atoms with E-state index in [1.807, 2.05) is 13.8 Å². The Hall–Kier alpha value is -0.700. The summed E-state index contributed by atoms with van der Waals surface area (Å²) >= 11 is 5.77. The number of halogens is 1. The number of nitrogens with zero attached hydrogens (tertiary/aromatic N) is 2. The van der Waals surface area contributed by atoms with Crippen molar-refractivity contribution in [1.82, 2.24) is 9.36 Å². The first-order valence-electron chi connectivity index (χ1n) is 3.66. The smallest absolute Gasteiger partial charge is 0.268 e. The Balaban J connectivity index is 3.29. The summed E-state index contributed by atoms with van der Waals surface area (Å²) in [5.41, 5.74) is -0.0284. The van der Waals surface area contributed by atoms with Crippen LogP contribution in [0.1, 0.15) is 13.8 Å². The second-order valence-electron chi connectivity index (χ2n) is 2.24. The highest BCUT2D eigenvalue weighted by Crippen LogP contribution is 2.04. The Morgan fingerprint density at radius 1 is 1.36 bits per heavy atom. The van der Waals surface area contributed by atoms with Gasteiger partial charge in [-0.3, -0.25) is 9.48 Å². The molecule has 0 aliphatic heterocycles. The fraction of sp³-hybridized carbons (Fsp3) is 0.571. The predicted octanol–water partition coefficient (Wildman–Crippen LogP) is 1.34. The van der Waals surface area contributed by atoms with Crippen LogP contribution in [0, 0.1) is 0 Å². The molecule has 0 fully saturated rings. The molecule has 1 rings (SSSR count). The molecule has 0 unspecified atom stereocenters. The third-order valence-electron chi connectivity index (χ3n) is 1.63. The summed E-state index contributed by atoms with van der Waals surface area (Å²) in [7, 11) is 0. The van der Waals surface area contributed by atoms with Gasteiger partial charge in [0, 0.05) is 19.2 Å². The fourth-order valence-electron chi connectivity index (χ4n) is 1.13.